The van der Waals surface area contributed by atoms with Crippen molar-refractivity contribution >= 4 is 23.6 Å². The van der Waals surface area contributed by atoms with Crippen LogP contribution in [-0.2, 0) is 14.3 Å². The van der Waals surface area contributed by atoms with E-state index in [1.807, 2.05) is 32.0 Å². The molecule has 1 N–H and O–H groups in total. The number of aliphatic hydroxyl groups is 1. The van der Waals surface area contributed by atoms with Crippen LogP contribution in [0.1, 0.15) is 65.0 Å². The fourth-order valence-electron chi connectivity index (χ4n) is 3.47. The van der Waals surface area contributed by atoms with E-state index < -0.39 is 24.2 Å². The van der Waals surface area contributed by atoms with Crippen molar-refractivity contribution in [1.29, 1.82) is 0 Å². The third kappa shape index (κ3) is 10.3. The van der Waals surface area contributed by atoms with Gasteiger partial charge in [-0.05, 0) is 37.4 Å². The van der Waals surface area contributed by atoms with Gasteiger partial charge in [0.25, 0.3) is 0 Å². The van der Waals surface area contributed by atoms with E-state index in [-0.39, 0.29) is 11.9 Å². The van der Waals surface area contributed by atoms with Crippen LogP contribution in [0.25, 0.3) is 0 Å². The summed E-state index contributed by atoms with van der Waals surface area (Å²) in [6, 6.07) is 8.11. The zero-order chi connectivity index (χ0) is 25.7. The SMILES string of the molecule is C=C(C)[C@@H](C[C@H](CS/C=C/N([O-])C(C)C(O)c1ccccc1)OC(C)=O)N(C)C(=O)CCCC. The molecule has 0 aromatic heterocycles. The van der Waals surface area contributed by atoms with E-state index in [0.29, 0.717) is 29.2 Å². The van der Waals surface area contributed by atoms with Gasteiger partial charge in [-0.15, -0.1) is 11.8 Å². The molecule has 0 heterocycles. The van der Waals surface area contributed by atoms with Crippen LogP contribution in [0.2, 0.25) is 0 Å². The van der Waals surface area contributed by atoms with Gasteiger partial charge in [0.2, 0.25) is 5.91 Å². The van der Waals surface area contributed by atoms with E-state index in [9.17, 15) is 19.9 Å². The standard InChI is InChI=1S/C26H39N2O5S/c1-7-8-14-25(30)27(6)24(19(2)3)17-23(33-21(5)29)18-34-16-15-28(32)20(4)26(31)22-12-10-9-11-13-22/h9-13,15-16,20,23-24,26,31H,2,7-8,14,17-18H2,1,3-6H3/q-1/b16-15+/t20?,23-,24-,26?/m1/s1. The number of carbonyl (C=O) groups is 2. The molecule has 1 aromatic carbocycles. The van der Waals surface area contributed by atoms with Crippen molar-refractivity contribution < 1.29 is 19.4 Å². The summed E-state index contributed by atoms with van der Waals surface area (Å²) in [4.78, 5) is 25.8. The number of benzene rings is 1. The van der Waals surface area contributed by atoms with Gasteiger partial charge in [0.15, 0.2) is 0 Å². The first-order valence-electron chi connectivity index (χ1n) is 11.6. The Hall–Kier alpha value is -2.29. The fourth-order valence-corrected chi connectivity index (χ4v) is 4.21. The van der Waals surface area contributed by atoms with Crippen LogP contribution in [0.3, 0.4) is 0 Å². The quantitative estimate of drug-likeness (QED) is 0.209. The number of amides is 1. The number of esters is 1. The van der Waals surface area contributed by atoms with E-state index in [1.54, 1.807) is 36.4 Å². The second-order valence-electron chi connectivity index (χ2n) is 8.51. The van der Waals surface area contributed by atoms with Gasteiger partial charge < -0.3 is 25.0 Å². The number of aliphatic hydroxyl groups excluding tert-OH is 1. The van der Waals surface area contributed by atoms with Gasteiger partial charge in [-0.1, -0.05) is 55.8 Å². The van der Waals surface area contributed by atoms with Crippen LogP contribution >= 0.6 is 11.8 Å². The highest BCUT2D eigenvalue weighted by atomic mass is 32.2. The summed E-state index contributed by atoms with van der Waals surface area (Å²) in [6.45, 7) is 10.9. The van der Waals surface area contributed by atoms with E-state index in [2.05, 4.69) is 6.58 Å². The lowest BCUT2D eigenvalue weighted by Crippen LogP contribution is -2.41. The maximum Gasteiger partial charge on any atom is 0.302 e. The van der Waals surface area contributed by atoms with Crippen LogP contribution in [0.5, 0.6) is 0 Å². The normalized spacial score (nSPS) is 14.8. The Bertz CT molecular complexity index is 802. The Labute approximate surface area is 208 Å². The number of unbranched alkanes of at least 4 members (excludes halogenated alkanes) is 1. The molecular formula is C26H39N2O5S-. The molecule has 1 rings (SSSR count). The molecule has 1 aromatic rings. The topological polar surface area (TPSA) is 93.1 Å². The zero-order valence-electron chi connectivity index (χ0n) is 21.0. The Morgan fingerprint density at radius 2 is 1.91 bits per heavy atom. The molecule has 0 bridgehead atoms. The summed E-state index contributed by atoms with van der Waals surface area (Å²) in [5.41, 5.74) is 1.50. The predicted octanol–water partition coefficient (Wildman–Crippen LogP) is 5.03. The third-order valence-corrected chi connectivity index (χ3v) is 6.46. The van der Waals surface area contributed by atoms with Crippen LogP contribution in [0, 0.1) is 5.21 Å². The largest absolute Gasteiger partial charge is 0.758 e. The average Bonchev–Trinajstić information content (AvgIpc) is 2.81. The number of hydrogen-bond acceptors (Lipinski definition) is 7. The van der Waals surface area contributed by atoms with Crippen LogP contribution in [0.4, 0.5) is 0 Å². The van der Waals surface area contributed by atoms with Crippen molar-refractivity contribution in [2.24, 2.45) is 0 Å². The van der Waals surface area contributed by atoms with E-state index in [4.69, 9.17) is 4.74 Å². The number of nitrogens with zero attached hydrogens (tertiary/aromatic N) is 2. The molecule has 0 saturated carbocycles. The predicted molar refractivity (Wildman–Crippen MR) is 139 cm³/mol. The number of rotatable bonds is 15. The van der Waals surface area contributed by atoms with Gasteiger partial charge in [0, 0.05) is 38.6 Å². The van der Waals surface area contributed by atoms with Crippen LogP contribution in [0.15, 0.2) is 54.1 Å². The zero-order valence-corrected chi connectivity index (χ0v) is 21.8. The van der Waals surface area contributed by atoms with Crippen molar-refractivity contribution in [3.05, 3.63) is 64.9 Å². The third-order valence-electron chi connectivity index (χ3n) is 5.58. The molecule has 2 unspecified atom stereocenters. The summed E-state index contributed by atoms with van der Waals surface area (Å²) in [6.07, 6.45) is 2.65. The number of hydrogen-bond donors (Lipinski definition) is 1. The molecule has 1 amide bonds. The van der Waals surface area contributed by atoms with Crippen molar-refractivity contribution in [2.45, 2.75) is 77.7 Å². The molecule has 4 atom stereocenters. The Kier molecular flexibility index (Phi) is 13.6. The highest BCUT2D eigenvalue weighted by Crippen LogP contribution is 2.23. The van der Waals surface area contributed by atoms with Gasteiger partial charge in [-0.25, -0.2) is 0 Å². The molecule has 0 aliphatic carbocycles. The molecule has 34 heavy (non-hydrogen) atoms. The minimum Gasteiger partial charge on any atom is -0.758 e. The number of carbonyl (C=O) groups excluding carboxylic acids is 2. The Morgan fingerprint density at radius 1 is 1.26 bits per heavy atom. The maximum atomic E-state index is 12.5. The first-order valence-corrected chi connectivity index (χ1v) is 12.7. The fraction of sp³-hybridized carbons (Fsp3) is 0.538. The number of ether oxygens (including phenoxy) is 1. The van der Waals surface area contributed by atoms with Gasteiger partial charge in [-0.2, -0.15) is 0 Å². The van der Waals surface area contributed by atoms with Gasteiger partial charge in [0.05, 0.1) is 12.1 Å². The molecule has 0 fully saturated rings. The highest BCUT2D eigenvalue weighted by Gasteiger charge is 2.25. The molecule has 0 spiro atoms. The van der Waals surface area contributed by atoms with Crippen molar-refractivity contribution in [1.82, 2.24) is 9.96 Å². The minimum absolute atomic E-state index is 0.0388. The first-order chi connectivity index (χ1) is 16.1. The van der Waals surface area contributed by atoms with Crippen molar-refractivity contribution in [3.63, 3.8) is 0 Å². The van der Waals surface area contributed by atoms with E-state index in [1.165, 1.54) is 24.9 Å². The number of hydroxylamine groups is 2. The molecule has 8 heteroatoms. The van der Waals surface area contributed by atoms with Crippen LogP contribution < -0.4 is 0 Å². The highest BCUT2D eigenvalue weighted by molar-refractivity contribution is 8.02. The second kappa shape index (κ2) is 15.6. The maximum absolute atomic E-state index is 12.5. The summed E-state index contributed by atoms with van der Waals surface area (Å²) in [5, 5.41) is 25.2. The first kappa shape index (κ1) is 29.7. The molecule has 0 saturated heterocycles. The monoisotopic (exact) mass is 491 g/mol. The Morgan fingerprint density at radius 3 is 2.47 bits per heavy atom. The molecule has 7 nitrogen and oxygen atoms in total. The second-order valence-corrected chi connectivity index (χ2v) is 9.45. The number of likely N-dealkylation sites (N-methyl/N-ethyl adjacent to an activating group) is 1. The average molecular weight is 492 g/mol. The minimum atomic E-state index is -0.917. The van der Waals surface area contributed by atoms with E-state index >= 15 is 0 Å². The molecule has 0 aliphatic heterocycles. The van der Waals surface area contributed by atoms with Gasteiger partial charge in [0.1, 0.15) is 6.10 Å². The van der Waals surface area contributed by atoms with Gasteiger partial charge in [-0.3, -0.25) is 9.59 Å². The van der Waals surface area contributed by atoms with Crippen molar-refractivity contribution in [2.75, 3.05) is 12.8 Å². The lowest BCUT2D eigenvalue weighted by atomic mass is 10.0. The summed E-state index contributed by atoms with van der Waals surface area (Å²) < 4.78 is 5.49. The molecule has 190 valence electrons. The Balaban J connectivity index is 2.73. The molecule has 0 radical (unpaired) electrons. The van der Waals surface area contributed by atoms with Crippen molar-refractivity contribution in [3.8, 4) is 0 Å². The summed E-state index contributed by atoms with van der Waals surface area (Å²) in [7, 11) is 1.75. The lowest BCUT2D eigenvalue weighted by Gasteiger charge is -2.36. The smallest absolute Gasteiger partial charge is 0.302 e. The molecule has 0 aliphatic rings. The lowest BCUT2D eigenvalue weighted by molar-refractivity contribution is -0.146. The van der Waals surface area contributed by atoms with E-state index in [0.717, 1.165) is 18.4 Å². The molecular weight excluding hydrogens is 452 g/mol. The van der Waals surface area contributed by atoms with Gasteiger partial charge >= 0.3 is 5.97 Å². The summed E-state index contributed by atoms with van der Waals surface area (Å²) in [5.74, 6) is 0.0531. The van der Waals surface area contributed by atoms with Crippen LogP contribution in [-0.4, -0.2) is 57.9 Å². The number of thioether (sulfide) groups is 1. The summed E-state index contributed by atoms with van der Waals surface area (Å²) >= 11 is 1.33.